The second-order valence-corrected chi connectivity index (χ2v) is 6.97. The number of aliphatic hydroxyl groups excluding tert-OH is 2. The van der Waals surface area contributed by atoms with Gasteiger partial charge in [-0.15, -0.1) is 0 Å². The molecule has 148 valence electrons. The molecule has 3 heterocycles. The molecule has 2 aromatic heterocycles. The number of aromatic nitrogens is 4. The maximum atomic E-state index is 10.5. The molecule has 1 fully saturated rings. The molecule has 0 unspecified atom stereocenters. The van der Waals surface area contributed by atoms with Crippen LogP contribution in [0.5, 0.6) is 0 Å². The fourth-order valence-electron chi connectivity index (χ4n) is 3.17. The Morgan fingerprint density at radius 1 is 1.14 bits per heavy atom. The van der Waals surface area contributed by atoms with E-state index in [0.717, 1.165) is 5.69 Å². The summed E-state index contributed by atoms with van der Waals surface area (Å²) in [5, 5.41) is 24.0. The number of hydrogen-bond donors (Lipinski definition) is 3. The van der Waals surface area contributed by atoms with E-state index in [2.05, 4.69) is 20.3 Å². The minimum absolute atomic E-state index is 0.000396. The van der Waals surface area contributed by atoms with Crippen molar-refractivity contribution in [3.63, 3.8) is 0 Å². The molecule has 3 aromatic rings. The Labute approximate surface area is 162 Å². The van der Waals surface area contributed by atoms with Gasteiger partial charge in [-0.1, -0.05) is 18.2 Å². The molecule has 0 radical (unpaired) electrons. The minimum Gasteiger partial charge on any atom is -0.387 e. The van der Waals surface area contributed by atoms with E-state index in [1.807, 2.05) is 44.2 Å². The van der Waals surface area contributed by atoms with Crippen LogP contribution in [0.1, 0.15) is 20.1 Å². The lowest BCUT2D eigenvalue weighted by Crippen LogP contribution is -2.34. The molecule has 0 saturated carbocycles. The van der Waals surface area contributed by atoms with Crippen LogP contribution in [0.2, 0.25) is 0 Å². The third kappa shape index (κ3) is 3.57. The standard InChI is InChI=1S/C19H23N5O4/c1-11(2)27-8-13-15(25)16(26)19(28-13)24-10-22-14-17(20-9-21-18(14)24)23-12-6-4-3-5-7-12/h3-7,9-11,13,15-16,19,25-26H,8H2,1-2H3,(H,20,21,23)/t13-,15-,16-,19-/m1/s1. The zero-order valence-corrected chi connectivity index (χ0v) is 15.6. The molecular formula is C19H23N5O4. The number of para-hydroxylation sites is 1. The van der Waals surface area contributed by atoms with Gasteiger partial charge in [0, 0.05) is 5.69 Å². The molecule has 1 aliphatic rings. The molecule has 1 aromatic carbocycles. The maximum Gasteiger partial charge on any atom is 0.167 e. The van der Waals surface area contributed by atoms with Crippen molar-refractivity contribution < 1.29 is 19.7 Å². The second-order valence-electron chi connectivity index (χ2n) is 6.97. The lowest BCUT2D eigenvalue weighted by atomic mass is 10.1. The highest BCUT2D eigenvalue weighted by Crippen LogP contribution is 2.33. The lowest BCUT2D eigenvalue weighted by Gasteiger charge is -2.17. The Kier molecular flexibility index (Phi) is 5.23. The topological polar surface area (TPSA) is 115 Å². The number of anilines is 2. The van der Waals surface area contributed by atoms with Crippen LogP contribution in [-0.2, 0) is 9.47 Å². The van der Waals surface area contributed by atoms with Gasteiger partial charge in [0.2, 0.25) is 0 Å². The summed E-state index contributed by atoms with van der Waals surface area (Å²) in [7, 11) is 0. The van der Waals surface area contributed by atoms with Crippen molar-refractivity contribution in [2.75, 3.05) is 11.9 Å². The van der Waals surface area contributed by atoms with E-state index in [1.54, 1.807) is 4.57 Å². The van der Waals surface area contributed by atoms with Crippen LogP contribution in [0.3, 0.4) is 0 Å². The van der Waals surface area contributed by atoms with Crippen molar-refractivity contribution in [1.82, 2.24) is 19.5 Å². The fourth-order valence-corrected chi connectivity index (χ4v) is 3.17. The summed E-state index contributed by atoms with van der Waals surface area (Å²) >= 11 is 0. The molecular weight excluding hydrogens is 362 g/mol. The van der Waals surface area contributed by atoms with E-state index in [9.17, 15) is 10.2 Å². The van der Waals surface area contributed by atoms with Gasteiger partial charge in [-0.05, 0) is 26.0 Å². The molecule has 0 amide bonds. The first kappa shape index (κ1) is 18.8. The molecule has 0 spiro atoms. The first-order valence-corrected chi connectivity index (χ1v) is 9.17. The van der Waals surface area contributed by atoms with Crippen molar-refractivity contribution in [1.29, 1.82) is 0 Å². The van der Waals surface area contributed by atoms with Crippen molar-refractivity contribution in [3.05, 3.63) is 43.0 Å². The number of nitrogens with one attached hydrogen (secondary N) is 1. The smallest absolute Gasteiger partial charge is 0.167 e. The van der Waals surface area contributed by atoms with Gasteiger partial charge in [0.05, 0.1) is 19.0 Å². The highest BCUT2D eigenvalue weighted by atomic mass is 16.6. The Bertz CT molecular complexity index is 932. The van der Waals surface area contributed by atoms with Gasteiger partial charge in [0.1, 0.15) is 24.6 Å². The van der Waals surface area contributed by atoms with Crippen molar-refractivity contribution in [2.45, 2.75) is 44.5 Å². The zero-order chi connectivity index (χ0) is 19.7. The monoisotopic (exact) mass is 385 g/mol. The Hall–Kier alpha value is -2.59. The summed E-state index contributed by atoms with van der Waals surface area (Å²) in [6.07, 6.45) is -0.696. The Morgan fingerprint density at radius 3 is 2.68 bits per heavy atom. The third-order valence-electron chi connectivity index (χ3n) is 4.60. The molecule has 4 rings (SSSR count). The second kappa shape index (κ2) is 7.80. The predicted molar refractivity (Wildman–Crippen MR) is 102 cm³/mol. The molecule has 9 nitrogen and oxygen atoms in total. The number of aliphatic hydroxyl groups is 2. The van der Waals surface area contributed by atoms with Crippen LogP contribution in [0.25, 0.3) is 11.2 Å². The van der Waals surface area contributed by atoms with E-state index in [4.69, 9.17) is 9.47 Å². The van der Waals surface area contributed by atoms with Gasteiger partial charge in [0.25, 0.3) is 0 Å². The summed E-state index contributed by atoms with van der Waals surface area (Å²) in [5.74, 6) is 0.544. The number of nitrogens with zero attached hydrogens (tertiary/aromatic N) is 4. The molecule has 9 heteroatoms. The number of fused-ring (bicyclic) bond motifs is 1. The summed E-state index contributed by atoms with van der Waals surface area (Å²) in [6, 6.07) is 9.61. The van der Waals surface area contributed by atoms with E-state index in [1.165, 1.54) is 12.7 Å². The largest absolute Gasteiger partial charge is 0.387 e. The van der Waals surface area contributed by atoms with E-state index in [-0.39, 0.29) is 12.7 Å². The number of rotatable bonds is 6. The average molecular weight is 385 g/mol. The van der Waals surface area contributed by atoms with E-state index in [0.29, 0.717) is 17.0 Å². The van der Waals surface area contributed by atoms with Gasteiger partial charge >= 0.3 is 0 Å². The van der Waals surface area contributed by atoms with Gasteiger partial charge in [-0.3, -0.25) is 4.57 Å². The quantitative estimate of drug-likeness (QED) is 0.586. The van der Waals surface area contributed by atoms with Crippen molar-refractivity contribution >= 4 is 22.7 Å². The van der Waals surface area contributed by atoms with Crippen LogP contribution < -0.4 is 5.32 Å². The van der Waals surface area contributed by atoms with Crippen LogP contribution in [0.15, 0.2) is 43.0 Å². The summed E-state index contributed by atoms with van der Waals surface area (Å²) in [5.41, 5.74) is 1.91. The first-order valence-electron chi connectivity index (χ1n) is 9.17. The Balaban J connectivity index is 1.60. The molecule has 4 atom stereocenters. The molecule has 1 aliphatic heterocycles. The van der Waals surface area contributed by atoms with Gasteiger partial charge < -0.3 is 25.0 Å². The SMILES string of the molecule is CC(C)OC[C@H]1O[C@@H](n2cnc3c(Nc4ccccc4)ncnc32)[C@H](O)[C@@H]1O. The maximum absolute atomic E-state index is 10.5. The zero-order valence-electron chi connectivity index (χ0n) is 15.6. The van der Waals surface area contributed by atoms with Crippen molar-refractivity contribution in [2.24, 2.45) is 0 Å². The van der Waals surface area contributed by atoms with Crippen LogP contribution in [0.4, 0.5) is 11.5 Å². The molecule has 1 saturated heterocycles. The number of hydrogen-bond acceptors (Lipinski definition) is 8. The normalized spacial score (nSPS) is 24.9. The van der Waals surface area contributed by atoms with Crippen LogP contribution >= 0.6 is 0 Å². The first-order chi connectivity index (χ1) is 13.5. The highest BCUT2D eigenvalue weighted by Gasteiger charge is 2.44. The molecule has 3 N–H and O–H groups in total. The highest BCUT2D eigenvalue weighted by molar-refractivity contribution is 5.85. The lowest BCUT2D eigenvalue weighted by molar-refractivity contribution is -0.0754. The fraction of sp³-hybridized carbons (Fsp3) is 0.421. The number of benzene rings is 1. The Morgan fingerprint density at radius 2 is 1.93 bits per heavy atom. The number of ether oxygens (including phenoxy) is 2. The summed E-state index contributed by atoms with van der Waals surface area (Å²) in [6.45, 7) is 3.99. The average Bonchev–Trinajstić information content (AvgIpc) is 3.24. The summed E-state index contributed by atoms with van der Waals surface area (Å²) in [4.78, 5) is 13.0. The van der Waals surface area contributed by atoms with Crippen LogP contribution in [0, 0.1) is 0 Å². The van der Waals surface area contributed by atoms with Crippen molar-refractivity contribution in [3.8, 4) is 0 Å². The minimum atomic E-state index is -1.13. The molecule has 0 bridgehead atoms. The summed E-state index contributed by atoms with van der Waals surface area (Å²) < 4.78 is 13.0. The van der Waals surface area contributed by atoms with E-state index < -0.39 is 24.5 Å². The molecule has 0 aliphatic carbocycles. The van der Waals surface area contributed by atoms with Gasteiger partial charge in [0.15, 0.2) is 23.2 Å². The third-order valence-corrected chi connectivity index (χ3v) is 4.60. The van der Waals surface area contributed by atoms with Crippen LogP contribution in [-0.4, -0.2) is 60.8 Å². The predicted octanol–water partition coefficient (Wildman–Crippen LogP) is 1.61. The van der Waals surface area contributed by atoms with E-state index >= 15 is 0 Å². The van der Waals surface area contributed by atoms with Gasteiger partial charge in [-0.2, -0.15) is 0 Å². The number of imidazole rings is 1. The van der Waals surface area contributed by atoms with Gasteiger partial charge in [-0.25, -0.2) is 15.0 Å². The molecule has 28 heavy (non-hydrogen) atoms.